The standard InChI is InChI=1S/C24H22N4O3/c1-30-19-10-18(12-25-13-19)28-23(17-8-9-22(31-2)27-11-17)24(29)21-15-26-14-20(21)16-6-4-3-5-7-16/h3-15,23,26,28H,1-2H3. The number of ketones is 1. The Morgan fingerprint density at radius 3 is 2.55 bits per heavy atom. The van der Waals surface area contributed by atoms with Gasteiger partial charge in [0.2, 0.25) is 5.88 Å². The Labute approximate surface area is 180 Å². The fourth-order valence-corrected chi connectivity index (χ4v) is 3.34. The maximum Gasteiger partial charge on any atom is 0.212 e. The molecule has 31 heavy (non-hydrogen) atoms. The maximum absolute atomic E-state index is 13.7. The van der Waals surface area contributed by atoms with Crippen LogP contribution in [0.2, 0.25) is 0 Å². The van der Waals surface area contributed by atoms with Crippen molar-refractivity contribution in [3.05, 3.63) is 90.6 Å². The minimum atomic E-state index is -0.689. The van der Waals surface area contributed by atoms with E-state index in [1.54, 1.807) is 51.1 Å². The lowest BCUT2D eigenvalue weighted by Crippen LogP contribution is -2.22. The molecule has 0 fully saturated rings. The minimum Gasteiger partial charge on any atom is -0.495 e. The van der Waals surface area contributed by atoms with Gasteiger partial charge in [0, 0.05) is 47.4 Å². The quantitative estimate of drug-likeness (QED) is 0.412. The van der Waals surface area contributed by atoms with Gasteiger partial charge in [0.25, 0.3) is 0 Å². The Balaban J connectivity index is 1.73. The lowest BCUT2D eigenvalue weighted by atomic mass is 9.95. The van der Waals surface area contributed by atoms with Crippen LogP contribution >= 0.6 is 0 Å². The number of anilines is 1. The van der Waals surface area contributed by atoms with Crippen molar-refractivity contribution in [3.63, 3.8) is 0 Å². The number of aromatic amines is 1. The van der Waals surface area contributed by atoms with E-state index in [2.05, 4.69) is 20.3 Å². The summed E-state index contributed by atoms with van der Waals surface area (Å²) in [6.45, 7) is 0. The van der Waals surface area contributed by atoms with Gasteiger partial charge in [0.1, 0.15) is 11.8 Å². The normalized spacial score (nSPS) is 11.5. The van der Waals surface area contributed by atoms with E-state index in [-0.39, 0.29) is 5.78 Å². The third kappa shape index (κ3) is 4.40. The molecule has 3 aromatic heterocycles. The van der Waals surface area contributed by atoms with Crippen LogP contribution < -0.4 is 14.8 Å². The molecule has 0 bridgehead atoms. The molecular formula is C24H22N4O3. The Kier molecular flexibility index (Phi) is 5.93. The smallest absolute Gasteiger partial charge is 0.212 e. The van der Waals surface area contributed by atoms with Gasteiger partial charge in [-0.3, -0.25) is 9.78 Å². The van der Waals surface area contributed by atoms with E-state index < -0.39 is 6.04 Å². The van der Waals surface area contributed by atoms with Gasteiger partial charge < -0.3 is 19.8 Å². The first-order valence-corrected chi connectivity index (χ1v) is 9.71. The Morgan fingerprint density at radius 2 is 1.84 bits per heavy atom. The Bertz CT molecular complexity index is 1160. The molecular weight excluding hydrogens is 392 g/mol. The summed E-state index contributed by atoms with van der Waals surface area (Å²) in [5, 5.41) is 3.29. The molecule has 0 amide bonds. The average Bonchev–Trinajstić information content (AvgIpc) is 3.33. The van der Waals surface area contributed by atoms with Crippen LogP contribution in [0.5, 0.6) is 11.6 Å². The molecule has 1 aromatic carbocycles. The van der Waals surface area contributed by atoms with Gasteiger partial charge in [0.05, 0.1) is 32.3 Å². The van der Waals surface area contributed by atoms with Crippen molar-refractivity contribution in [2.24, 2.45) is 0 Å². The second-order valence-corrected chi connectivity index (χ2v) is 6.84. The molecule has 0 aliphatic carbocycles. The van der Waals surface area contributed by atoms with Crippen molar-refractivity contribution in [2.45, 2.75) is 6.04 Å². The summed E-state index contributed by atoms with van der Waals surface area (Å²) in [7, 11) is 3.12. The first-order valence-electron chi connectivity index (χ1n) is 9.71. The highest BCUT2D eigenvalue weighted by atomic mass is 16.5. The van der Waals surface area contributed by atoms with Crippen LogP contribution in [0.15, 0.2) is 79.5 Å². The largest absolute Gasteiger partial charge is 0.495 e. The van der Waals surface area contributed by atoms with Crippen molar-refractivity contribution < 1.29 is 14.3 Å². The summed E-state index contributed by atoms with van der Waals surface area (Å²) in [5.74, 6) is 0.968. The molecule has 7 nitrogen and oxygen atoms in total. The number of carbonyl (C=O) groups is 1. The maximum atomic E-state index is 13.7. The highest BCUT2D eigenvalue weighted by Gasteiger charge is 2.26. The Hall–Kier alpha value is -4.13. The van der Waals surface area contributed by atoms with E-state index in [4.69, 9.17) is 9.47 Å². The molecule has 0 spiro atoms. The second-order valence-electron chi connectivity index (χ2n) is 6.84. The van der Waals surface area contributed by atoms with Crippen LogP contribution in [0, 0.1) is 0 Å². The minimum absolute atomic E-state index is 0.102. The highest BCUT2D eigenvalue weighted by Crippen LogP contribution is 2.30. The lowest BCUT2D eigenvalue weighted by Gasteiger charge is -2.20. The molecule has 0 aliphatic rings. The van der Waals surface area contributed by atoms with E-state index in [0.29, 0.717) is 28.4 Å². The molecule has 3 heterocycles. The van der Waals surface area contributed by atoms with E-state index in [1.807, 2.05) is 42.6 Å². The number of ether oxygens (including phenoxy) is 2. The molecule has 7 heteroatoms. The topological polar surface area (TPSA) is 89.1 Å². The highest BCUT2D eigenvalue weighted by molar-refractivity contribution is 6.07. The summed E-state index contributed by atoms with van der Waals surface area (Å²) in [4.78, 5) is 25.2. The number of H-pyrrole nitrogens is 1. The van der Waals surface area contributed by atoms with Crippen LogP contribution in [0.25, 0.3) is 11.1 Å². The number of pyridine rings is 2. The summed E-state index contributed by atoms with van der Waals surface area (Å²) >= 11 is 0. The number of rotatable bonds is 8. The summed E-state index contributed by atoms with van der Waals surface area (Å²) in [6, 6.07) is 14.4. The van der Waals surface area contributed by atoms with Crippen LogP contribution in [0.3, 0.4) is 0 Å². The van der Waals surface area contributed by atoms with Gasteiger partial charge in [-0.2, -0.15) is 0 Å². The number of methoxy groups -OCH3 is 2. The first kappa shape index (κ1) is 20.2. The average molecular weight is 414 g/mol. The van der Waals surface area contributed by atoms with Gasteiger partial charge >= 0.3 is 0 Å². The zero-order valence-corrected chi connectivity index (χ0v) is 17.2. The molecule has 0 saturated heterocycles. The van der Waals surface area contributed by atoms with Gasteiger partial charge in [-0.1, -0.05) is 30.3 Å². The van der Waals surface area contributed by atoms with Gasteiger partial charge in [-0.25, -0.2) is 4.98 Å². The van der Waals surface area contributed by atoms with E-state index in [9.17, 15) is 4.79 Å². The van der Waals surface area contributed by atoms with E-state index in [1.165, 1.54) is 0 Å². The molecule has 1 atom stereocenters. The molecule has 0 aliphatic heterocycles. The third-order valence-corrected chi connectivity index (χ3v) is 4.92. The summed E-state index contributed by atoms with van der Waals surface area (Å²) in [5.41, 5.74) is 3.74. The van der Waals surface area contributed by atoms with Gasteiger partial charge in [-0.05, 0) is 11.6 Å². The molecule has 156 valence electrons. The lowest BCUT2D eigenvalue weighted by molar-refractivity contribution is 0.0970. The molecule has 0 saturated carbocycles. The van der Waals surface area contributed by atoms with Crippen LogP contribution in [-0.4, -0.2) is 35.0 Å². The second kappa shape index (κ2) is 9.13. The number of benzene rings is 1. The van der Waals surface area contributed by atoms with Crippen LogP contribution in [0.4, 0.5) is 5.69 Å². The third-order valence-electron chi connectivity index (χ3n) is 4.92. The van der Waals surface area contributed by atoms with E-state index >= 15 is 0 Å². The molecule has 2 N–H and O–H groups in total. The molecule has 1 unspecified atom stereocenters. The first-order chi connectivity index (χ1) is 15.2. The van der Waals surface area contributed by atoms with Crippen LogP contribution in [-0.2, 0) is 0 Å². The zero-order valence-electron chi connectivity index (χ0n) is 17.2. The monoisotopic (exact) mass is 414 g/mol. The fraction of sp³-hybridized carbons (Fsp3) is 0.125. The van der Waals surface area contributed by atoms with Crippen molar-refractivity contribution in [3.8, 4) is 22.8 Å². The number of nitrogens with zero attached hydrogens (tertiary/aromatic N) is 2. The predicted octanol–water partition coefficient (Wildman–Crippen LogP) is 4.53. The molecule has 0 radical (unpaired) electrons. The predicted molar refractivity (Wildman–Crippen MR) is 119 cm³/mol. The SMILES string of the molecule is COc1cncc(NC(C(=O)c2c[nH]cc2-c2ccccc2)c2ccc(OC)nc2)c1. The Morgan fingerprint density at radius 1 is 1.00 bits per heavy atom. The number of Topliss-reactive ketones (excluding diaryl/α,β-unsaturated/α-hetero) is 1. The number of nitrogens with one attached hydrogen (secondary N) is 2. The fourth-order valence-electron chi connectivity index (χ4n) is 3.34. The number of carbonyl (C=O) groups excluding carboxylic acids is 1. The molecule has 4 aromatic rings. The number of aromatic nitrogens is 3. The van der Waals surface area contributed by atoms with E-state index in [0.717, 1.165) is 11.1 Å². The number of hydrogen-bond donors (Lipinski definition) is 2. The number of hydrogen-bond acceptors (Lipinski definition) is 6. The molecule has 4 rings (SSSR count). The van der Waals surface area contributed by atoms with Crippen molar-refractivity contribution in [2.75, 3.05) is 19.5 Å². The zero-order chi connectivity index (χ0) is 21.6. The van der Waals surface area contributed by atoms with Gasteiger partial charge in [0.15, 0.2) is 5.78 Å². The van der Waals surface area contributed by atoms with Crippen molar-refractivity contribution in [1.82, 2.24) is 15.0 Å². The van der Waals surface area contributed by atoms with Gasteiger partial charge in [-0.15, -0.1) is 0 Å². The van der Waals surface area contributed by atoms with Crippen LogP contribution in [0.1, 0.15) is 22.0 Å². The van der Waals surface area contributed by atoms with Crippen molar-refractivity contribution >= 4 is 11.5 Å². The van der Waals surface area contributed by atoms with Crippen molar-refractivity contribution in [1.29, 1.82) is 0 Å². The summed E-state index contributed by atoms with van der Waals surface area (Å²) < 4.78 is 10.4. The summed E-state index contributed by atoms with van der Waals surface area (Å²) in [6.07, 6.45) is 8.45.